The fraction of sp³-hybridized carbons (Fsp3) is 0.167. The van der Waals surface area contributed by atoms with Crippen molar-refractivity contribution in [3.05, 3.63) is 76.5 Å². The first-order valence-corrected chi connectivity index (χ1v) is 8.93. The van der Waals surface area contributed by atoms with Crippen molar-refractivity contribution in [2.45, 2.75) is 16.9 Å². The molecule has 3 rings (SSSR count). The van der Waals surface area contributed by atoms with Crippen LogP contribution in [0.4, 0.5) is 0 Å². The number of aliphatic hydroxyl groups excluding tert-OH is 1. The summed E-state index contributed by atoms with van der Waals surface area (Å²) >= 11 is 4.69. The maximum Gasteiger partial charge on any atom is 0.349 e. The average molecular weight is 391 g/mol. The van der Waals surface area contributed by atoms with Crippen LogP contribution in [0.1, 0.15) is 12.0 Å². The summed E-state index contributed by atoms with van der Waals surface area (Å²) in [6.45, 7) is 0. The number of carbonyl (C=O) groups is 1. The summed E-state index contributed by atoms with van der Waals surface area (Å²) in [5.41, 5.74) is 0.00329. The Morgan fingerprint density at radius 1 is 1.09 bits per heavy atom. The molecule has 1 heterocycles. The van der Waals surface area contributed by atoms with Crippen molar-refractivity contribution in [1.82, 2.24) is 0 Å². The minimum Gasteiger partial charge on any atom is -0.511 e. The third-order valence-electron chi connectivity index (χ3n) is 3.69. The van der Waals surface area contributed by atoms with Gasteiger partial charge in [0.2, 0.25) is 0 Å². The van der Waals surface area contributed by atoms with Crippen molar-refractivity contribution >= 4 is 33.7 Å². The highest BCUT2D eigenvalue weighted by molar-refractivity contribution is 9.12. The van der Waals surface area contributed by atoms with Gasteiger partial charge >= 0.3 is 5.97 Å². The van der Waals surface area contributed by atoms with E-state index in [2.05, 4.69) is 15.9 Å². The largest absolute Gasteiger partial charge is 0.511 e. The first-order chi connectivity index (χ1) is 11.1. The van der Waals surface area contributed by atoms with Crippen molar-refractivity contribution < 1.29 is 14.6 Å². The molecule has 0 aliphatic carbocycles. The Hall–Kier alpha value is -1.72. The van der Waals surface area contributed by atoms with Crippen LogP contribution in [0, 0.1) is 0 Å². The van der Waals surface area contributed by atoms with Gasteiger partial charge < -0.3 is 9.84 Å². The number of halogens is 1. The lowest BCUT2D eigenvalue weighted by molar-refractivity contribution is -0.156. The standard InChI is InChI=1S/C18H15BrO3S/c19-16-15(20)11-18(22-17(16)21,13-7-3-1-4-8-13)12-23-14-9-5-2-6-10-14/h1-10,20H,11-12H2. The second-order valence-electron chi connectivity index (χ2n) is 5.29. The molecule has 0 fully saturated rings. The molecular weight excluding hydrogens is 376 g/mol. The van der Waals surface area contributed by atoms with Gasteiger partial charge in [-0.15, -0.1) is 11.8 Å². The molecule has 1 N–H and O–H groups in total. The number of hydrogen-bond donors (Lipinski definition) is 1. The van der Waals surface area contributed by atoms with E-state index >= 15 is 0 Å². The van der Waals surface area contributed by atoms with E-state index in [1.54, 1.807) is 11.8 Å². The molecular formula is C18H15BrO3S. The summed E-state index contributed by atoms with van der Waals surface area (Å²) in [6, 6.07) is 19.5. The van der Waals surface area contributed by atoms with Gasteiger partial charge in [0.15, 0.2) is 5.60 Å². The second kappa shape index (κ2) is 6.81. The van der Waals surface area contributed by atoms with E-state index in [9.17, 15) is 9.90 Å². The van der Waals surface area contributed by atoms with Gasteiger partial charge in [-0.2, -0.15) is 0 Å². The summed E-state index contributed by atoms with van der Waals surface area (Å²) in [5, 5.41) is 10.2. The molecule has 2 aromatic rings. The van der Waals surface area contributed by atoms with Gasteiger partial charge in [-0.3, -0.25) is 0 Å². The number of carbonyl (C=O) groups excluding carboxylic acids is 1. The van der Waals surface area contributed by atoms with Crippen LogP contribution < -0.4 is 0 Å². The van der Waals surface area contributed by atoms with Crippen molar-refractivity contribution in [3.8, 4) is 0 Å². The van der Waals surface area contributed by atoms with E-state index in [0.717, 1.165) is 10.5 Å². The van der Waals surface area contributed by atoms with Gasteiger partial charge in [-0.05, 0) is 33.6 Å². The summed E-state index contributed by atoms with van der Waals surface area (Å²) in [4.78, 5) is 13.2. The number of aliphatic hydroxyl groups is 1. The molecule has 5 heteroatoms. The summed E-state index contributed by atoms with van der Waals surface area (Å²) < 4.78 is 5.85. The van der Waals surface area contributed by atoms with Crippen LogP contribution in [0.3, 0.4) is 0 Å². The highest BCUT2D eigenvalue weighted by Crippen LogP contribution is 2.42. The van der Waals surface area contributed by atoms with E-state index in [-0.39, 0.29) is 16.7 Å². The minimum absolute atomic E-state index is 0.0266. The van der Waals surface area contributed by atoms with Crippen LogP contribution in [0.25, 0.3) is 0 Å². The molecule has 2 aromatic carbocycles. The molecule has 0 spiro atoms. The number of benzene rings is 2. The number of ether oxygens (including phenoxy) is 1. The lowest BCUT2D eigenvalue weighted by Gasteiger charge is -2.36. The number of thioether (sulfide) groups is 1. The molecule has 118 valence electrons. The van der Waals surface area contributed by atoms with Gasteiger partial charge in [0, 0.05) is 10.6 Å². The van der Waals surface area contributed by atoms with E-state index < -0.39 is 11.6 Å². The highest BCUT2D eigenvalue weighted by atomic mass is 79.9. The number of rotatable bonds is 4. The minimum atomic E-state index is -0.875. The Bertz CT molecular complexity index is 730. The molecule has 0 radical (unpaired) electrons. The molecule has 0 amide bonds. The maximum atomic E-state index is 12.1. The average Bonchev–Trinajstić information content (AvgIpc) is 2.59. The Morgan fingerprint density at radius 3 is 2.30 bits per heavy atom. The van der Waals surface area contributed by atoms with Crippen LogP contribution in [-0.4, -0.2) is 16.8 Å². The molecule has 0 saturated heterocycles. The van der Waals surface area contributed by atoms with E-state index in [4.69, 9.17) is 4.74 Å². The lowest BCUT2D eigenvalue weighted by atomic mass is 9.89. The van der Waals surface area contributed by atoms with Crippen LogP contribution in [0.5, 0.6) is 0 Å². The lowest BCUT2D eigenvalue weighted by Crippen LogP contribution is -2.39. The van der Waals surface area contributed by atoms with Crippen molar-refractivity contribution in [1.29, 1.82) is 0 Å². The number of hydrogen-bond acceptors (Lipinski definition) is 4. The molecule has 3 nitrogen and oxygen atoms in total. The third-order valence-corrected chi connectivity index (χ3v) is 5.69. The fourth-order valence-electron chi connectivity index (χ4n) is 2.51. The Morgan fingerprint density at radius 2 is 1.70 bits per heavy atom. The molecule has 0 saturated carbocycles. The van der Waals surface area contributed by atoms with Crippen LogP contribution in [0.15, 0.2) is 75.8 Å². The second-order valence-corrected chi connectivity index (χ2v) is 7.13. The molecule has 1 atom stereocenters. The quantitative estimate of drug-likeness (QED) is 0.602. The zero-order valence-electron chi connectivity index (χ0n) is 12.2. The van der Waals surface area contributed by atoms with Crippen molar-refractivity contribution in [3.63, 3.8) is 0 Å². The van der Waals surface area contributed by atoms with Crippen molar-refractivity contribution in [2.75, 3.05) is 5.75 Å². The van der Waals surface area contributed by atoms with Crippen LogP contribution in [-0.2, 0) is 15.1 Å². The van der Waals surface area contributed by atoms with Gasteiger partial charge in [0.05, 0.1) is 6.42 Å². The summed E-state index contributed by atoms with van der Waals surface area (Å²) in [6.07, 6.45) is 0.253. The summed E-state index contributed by atoms with van der Waals surface area (Å²) in [7, 11) is 0. The van der Waals surface area contributed by atoms with Gasteiger partial charge in [0.25, 0.3) is 0 Å². The Kier molecular flexibility index (Phi) is 4.78. The topological polar surface area (TPSA) is 46.5 Å². The zero-order chi connectivity index (χ0) is 16.3. The van der Waals surface area contributed by atoms with Gasteiger partial charge in [0.1, 0.15) is 10.2 Å². The van der Waals surface area contributed by atoms with Crippen LogP contribution >= 0.6 is 27.7 Å². The van der Waals surface area contributed by atoms with Gasteiger partial charge in [-0.1, -0.05) is 48.5 Å². The van der Waals surface area contributed by atoms with Crippen molar-refractivity contribution in [2.24, 2.45) is 0 Å². The molecule has 23 heavy (non-hydrogen) atoms. The first-order valence-electron chi connectivity index (χ1n) is 7.15. The Labute approximate surface area is 147 Å². The fourth-order valence-corrected chi connectivity index (χ4v) is 3.81. The Balaban J connectivity index is 1.94. The monoisotopic (exact) mass is 390 g/mol. The SMILES string of the molecule is O=C1OC(CSc2ccccc2)(c2ccccc2)CC(O)=C1Br. The predicted octanol–water partition coefficient (Wildman–Crippen LogP) is 4.79. The third kappa shape index (κ3) is 3.46. The smallest absolute Gasteiger partial charge is 0.349 e. The highest BCUT2D eigenvalue weighted by Gasteiger charge is 2.43. The first kappa shape index (κ1) is 16.1. The number of cyclic esters (lactones) is 1. The van der Waals surface area contributed by atoms with E-state index in [1.165, 1.54) is 0 Å². The molecule has 1 aliphatic rings. The predicted molar refractivity (Wildman–Crippen MR) is 94.6 cm³/mol. The molecule has 0 aromatic heterocycles. The number of esters is 1. The van der Waals surface area contributed by atoms with E-state index in [0.29, 0.717) is 5.75 Å². The molecule has 1 aliphatic heterocycles. The maximum absolute atomic E-state index is 12.1. The molecule has 0 bridgehead atoms. The zero-order valence-corrected chi connectivity index (χ0v) is 14.6. The van der Waals surface area contributed by atoms with Crippen LogP contribution in [0.2, 0.25) is 0 Å². The molecule has 1 unspecified atom stereocenters. The normalized spacial score (nSPS) is 21.2. The van der Waals surface area contributed by atoms with E-state index in [1.807, 2.05) is 60.7 Å². The summed E-state index contributed by atoms with van der Waals surface area (Å²) in [5.74, 6) is 0.0157. The van der Waals surface area contributed by atoms with Gasteiger partial charge in [-0.25, -0.2) is 4.79 Å².